The maximum absolute atomic E-state index is 11.0. The van der Waals surface area contributed by atoms with Crippen molar-refractivity contribution in [2.45, 2.75) is 66.8 Å². The molecular formula is C15H31NOS. The largest absolute Gasteiger partial charge is 0.253 e. The van der Waals surface area contributed by atoms with Crippen molar-refractivity contribution >= 4 is 10.8 Å². The van der Waals surface area contributed by atoms with E-state index < -0.39 is 10.8 Å². The summed E-state index contributed by atoms with van der Waals surface area (Å²) in [4.78, 5) is 4.08. The molecule has 0 aliphatic rings. The summed E-state index contributed by atoms with van der Waals surface area (Å²) < 4.78 is 11.0. The lowest BCUT2D eigenvalue weighted by Gasteiger charge is -2.00. The normalized spacial score (nSPS) is 9.61. The van der Waals surface area contributed by atoms with Gasteiger partial charge in [0.05, 0.1) is 10.8 Å². The third kappa shape index (κ3) is 11.8. The molecule has 0 aromatic carbocycles. The predicted octanol–water partition coefficient (Wildman–Crippen LogP) is 4.90. The fourth-order valence-corrected chi connectivity index (χ4v) is 1.72. The predicted molar refractivity (Wildman–Crippen MR) is 84.7 cm³/mol. The van der Waals surface area contributed by atoms with Gasteiger partial charge in [-0.15, -0.1) is 0 Å². The zero-order valence-electron chi connectivity index (χ0n) is 13.6. The van der Waals surface area contributed by atoms with Crippen LogP contribution in [-0.2, 0) is 10.8 Å². The highest BCUT2D eigenvalue weighted by molar-refractivity contribution is 7.84. The van der Waals surface area contributed by atoms with Gasteiger partial charge in [0.1, 0.15) is 5.03 Å². The first-order chi connectivity index (χ1) is 8.52. The average molecular weight is 273 g/mol. The maximum atomic E-state index is 11.0. The Morgan fingerprint density at radius 1 is 1.11 bits per heavy atom. The third-order valence-electron chi connectivity index (χ3n) is 1.44. The van der Waals surface area contributed by atoms with Gasteiger partial charge in [-0.25, -0.2) is 4.98 Å². The molecule has 3 heteroatoms. The summed E-state index contributed by atoms with van der Waals surface area (Å²) in [6.45, 7) is 16.2. The van der Waals surface area contributed by atoms with Crippen LogP contribution in [0.25, 0.3) is 0 Å². The van der Waals surface area contributed by atoms with E-state index in [-0.39, 0.29) is 0 Å². The summed E-state index contributed by atoms with van der Waals surface area (Å²) >= 11 is 0. The van der Waals surface area contributed by atoms with Gasteiger partial charge in [-0.2, -0.15) is 0 Å². The summed E-state index contributed by atoms with van der Waals surface area (Å²) in [6, 6.07) is 1.99. The molecule has 1 aromatic heterocycles. The van der Waals surface area contributed by atoms with Crippen LogP contribution in [0.1, 0.15) is 59.1 Å². The standard InChI is InChI=1S/C8H11NOS.C3H8.2C2H6/c1-6-4-7(2)8(9-5-6)11(3)10;1-3-2;2*1-2/h4-5H,1-3H3;3H2,1-2H3;2*1-2H3. The Morgan fingerprint density at radius 3 is 1.78 bits per heavy atom. The van der Waals surface area contributed by atoms with Gasteiger partial charge in [0.2, 0.25) is 0 Å². The van der Waals surface area contributed by atoms with Crippen LogP contribution in [0, 0.1) is 13.8 Å². The molecule has 0 fully saturated rings. The van der Waals surface area contributed by atoms with Crippen molar-refractivity contribution in [2.75, 3.05) is 6.26 Å². The highest BCUT2D eigenvalue weighted by atomic mass is 32.2. The van der Waals surface area contributed by atoms with Crippen molar-refractivity contribution < 1.29 is 4.21 Å². The first kappa shape index (κ1) is 22.5. The lowest BCUT2D eigenvalue weighted by molar-refractivity contribution is 0.683. The summed E-state index contributed by atoms with van der Waals surface area (Å²) in [5, 5.41) is 0.690. The number of aryl methyl sites for hydroxylation is 2. The molecule has 1 atom stereocenters. The monoisotopic (exact) mass is 273 g/mol. The number of hydrogen-bond acceptors (Lipinski definition) is 2. The Hall–Kier alpha value is -0.700. The van der Waals surface area contributed by atoms with Crippen molar-refractivity contribution in [3.63, 3.8) is 0 Å². The molecule has 0 aliphatic heterocycles. The van der Waals surface area contributed by atoms with Crippen LogP contribution in [0.5, 0.6) is 0 Å². The van der Waals surface area contributed by atoms with Crippen molar-refractivity contribution in [3.8, 4) is 0 Å². The Balaban J connectivity index is -0.000000274. The molecule has 0 saturated carbocycles. The van der Waals surface area contributed by atoms with Gasteiger partial charge in [-0.1, -0.05) is 54.0 Å². The van der Waals surface area contributed by atoms with E-state index in [1.165, 1.54) is 6.42 Å². The molecule has 2 nitrogen and oxygen atoms in total. The van der Waals surface area contributed by atoms with Crippen molar-refractivity contribution in [2.24, 2.45) is 0 Å². The molecule has 1 rings (SSSR count). The third-order valence-corrected chi connectivity index (χ3v) is 2.41. The van der Waals surface area contributed by atoms with Crippen LogP contribution in [0.3, 0.4) is 0 Å². The molecule has 18 heavy (non-hydrogen) atoms. The summed E-state index contributed by atoms with van der Waals surface area (Å²) in [6.07, 6.45) is 4.63. The van der Waals surface area contributed by atoms with Gasteiger partial charge in [-0.3, -0.25) is 4.21 Å². The van der Waals surface area contributed by atoms with E-state index in [0.717, 1.165) is 11.1 Å². The van der Waals surface area contributed by atoms with E-state index in [9.17, 15) is 4.21 Å². The van der Waals surface area contributed by atoms with Crippen molar-refractivity contribution in [1.29, 1.82) is 0 Å². The second-order valence-electron chi connectivity index (χ2n) is 3.30. The van der Waals surface area contributed by atoms with Crippen LogP contribution in [0.4, 0.5) is 0 Å². The van der Waals surface area contributed by atoms with Gasteiger partial charge in [-0.05, 0) is 25.0 Å². The molecule has 0 radical (unpaired) electrons. The fraction of sp³-hybridized carbons (Fsp3) is 0.667. The van der Waals surface area contributed by atoms with Crippen LogP contribution in [0.2, 0.25) is 0 Å². The number of aromatic nitrogens is 1. The van der Waals surface area contributed by atoms with E-state index in [2.05, 4.69) is 18.8 Å². The lowest BCUT2D eigenvalue weighted by atomic mass is 10.2. The minimum Gasteiger partial charge on any atom is -0.253 e. The van der Waals surface area contributed by atoms with Gasteiger partial charge >= 0.3 is 0 Å². The Morgan fingerprint density at radius 2 is 1.50 bits per heavy atom. The molecule has 108 valence electrons. The van der Waals surface area contributed by atoms with E-state index >= 15 is 0 Å². The van der Waals surface area contributed by atoms with Gasteiger partial charge in [0, 0.05) is 12.5 Å². The molecule has 1 unspecified atom stereocenters. The van der Waals surface area contributed by atoms with Gasteiger partial charge in [0.25, 0.3) is 0 Å². The summed E-state index contributed by atoms with van der Waals surface area (Å²) in [5.41, 5.74) is 2.11. The first-order valence-electron chi connectivity index (χ1n) is 6.79. The van der Waals surface area contributed by atoms with Crippen molar-refractivity contribution in [3.05, 3.63) is 23.4 Å². The second-order valence-corrected chi connectivity index (χ2v) is 4.59. The Labute approximate surface area is 117 Å². The molecule has 1 aromatic rings. The van der Waals surface area contributed by atoms with Gasteiger partial charge in [0.15, 0.2) is 0 Å². The highest BCUT2D eigenvalue weighted by Crippen LogP contribution is 2.09. The minimum absolute atomic E-state index is 0.690. The van der Waals surface area contributed by atoms with E-state index in [0.29, 0.717) is 5.03 Å². The molecule has 0 aliphatic carbocycles. The summed E-state index contributed by atoms with van der Waals surface area (Å²) in [7, 11) is -0.960. The molecule has 0 spiro atoms. The smallest absolute Gasteiger partial charge is 0.129 e. The SMILES string of the molecule is CC.CC.CCC.Cc1cnc(S(C)=O)c(C)c1. The van der Waals surface area contributed by atoms with Gasteiger partial charge < -0.3 is 0 Å². The molecule has 0 amide bonds. The average Bonchev–Trinajstić information content (AvgIpc) is 2.34. The number of rotatable bonds is 1. The Bertz CT molecular complexity index is 311. The zero-order chi connectivity index (χ0) is 15.1. The second kappa shape index (κ2) is 16.3. The highest BCUT2D eigenvalue weighted by Gasteiger charge is 2.02. The first-order valence-corrected chi connectivity index (χ1v) is 8.35. The van der Waals surface area contributed by atoms with Crippen LogP contribution >= 0.6 is 0 Å². The van der Waals surface area contributed by atoms with E-state index in [4.69, 9.17) is 0 Å². The quantitative estimate of drug-likeness (QED) is 0.728. The van der Waals surface area contributed by atoms with Crippen LogP contribution < -0.4 is 0 Å². The zero-order valence-corrected chi connectivity index (χ0v) is 14.4. The fourth-order valence-electron chi connectivity index (χ4n) is 1.00. The minimum atomic E-state index is -0.960. The van der Waals surface area contributed by atoms with E-state index in [1.54, 1.807) is 12.5 Å². The lowest BCUT2D eigenvalue weighted by Crippen LogP contribution is -1.95. The number of nitrogens with zero attached hydrogens (tertiary/aromatic N) is 1. The molecular weight excluding hydrogens is 242 g/mol. The molecule has 0 saturated heterocycles. The number of hydrogen-bond donors (Lipinski definition) is 0. The van der Waals surface area contributed by atoms with Crippen LogP contribution in [-0.4, -0.2) is 15.4 Å². The number of pyridine rings is 1. The topological polar surface area (TPSA) is 30.0 Å². The molecule has 0 N–H and O–H groups in total. The Kier molecular flexibility index (Phi) is 20.4. The molecule has 0 bridgehead atoms. The van der Waals surface area contributed by atoms with E-state index in [1.807, 2.05) is 47.6 Å². The van der Waals surface area contributed by atoms with Crippen LogP contribution in [0.15, 0.2) is 17.3 Å². The van der Waals surface area contributed by atoms with Crippen molar-refractivity contribution in [1.82, 2.24) is 4.98 Å². The molecule has 1 heterocycles. The maximum Gasteiger partial charge on any atom is 0.129 e. The summed E-state index contributed by atoms with van der Waals surface area (Å²) in [5.74, 6) is 0.